The molecule has 0 amide bonds. The van der Waals surface area contributed by atoms with Crippen LogP contribution in [-0.4, -0.2) is 19.6 Å². The van der Waals surface area contributed by atoms with E-state index >= 15 is 0 Å². The molecule has 0 aliphatic carbocycles. The molecule has 8 rings (SSSR count). The first-order chi connectivity index (χ1) is 42.8. The van der Waals surface area contributed by atoms with Crippen LogP contribution >= 0.6 is 0 Å². The Bertz CT molecular complexity index is 4130. The molecule has 5 heteroatoms. The minimum absolute atomic E-state index is 0. The molecular formula is C64H72N3OPt-. The van der Waals surface area contributed by atoms with E-state index in [0.29, 0.717) is 16.7 Å². The number of phenolic OH excluding ortho intramolecular Hbond substituents is 1. The van der Waals surface area contributed by atoms with E-state index in [9.17, 15) is 10.6 Å². The van der Waals surface area contributed by atoms with Gasteiger partial charge in [0.2, 0.25) is 0 Å². The SMILES string of the molecule is [2H]c1cc(C([2H])([2H])C(C)(C)C)cc([2H])c1-c1c(C([2H])([2H])[2H])cnc(-c2[c-]c(-c3cccc4c3nc(-c3c([2H])c(C(C([2H])([2H])[2H])(C([2H])([2H])[2H])C([2H])([2H])[2H])cc(C(C([2H])([2H])[2H])(C([2H])([2H])[2H])C([2H])([2H])[2H])c3O)n4-c3ccc(C(C)(C)C)cc3-c3ccccc3)cc(C(C)(C)C)c2)c1[2H].[Pt]. The van der Waals surface area contributed by atoms with Crippen molar-refractivity contribution in [2.75, 3.05) is 0 Å². The maximum absolute atomic E-state index is 13.2. The van der Waals surface area contributed by atoms with Crippen LogP contribution in [0.2, 0.25) is 0 Å². The van der Waals surface area contributed by atoms with Gasteiger partial charge in [-0.3, -0.25) is 9.55 Å². The first-order valence-electron chi connectivity index (χ1n) is 35.6. The summed E-state index contributed by atoms with van der Waals surface area (Å²) < 4.78 is 242. The number of nitrogens with zero attached hydrogens (tertiary/aromatic N) is 3. The second-order valence-electron chi connectivity index (χ2n) is 20.4. The predicted molar refractivity (Wildman–Crippen MR) is 289 cm³/mol. The molecule has 0 saturated heterocycles. The van der Waals surface area contributed by atoms with Crippen molar-refractivity contribution in [2.45, 2.75) is 138 Å². The van der Waals surface area contributed by atoms with Gasteiger partial charge in [-0.25, -0.2) is 4.98 Å². The fourth-order valence-electron chi connectivity index (χ4n) is 8.06. The third-order valence-electron chi connectivity index (χ3n) is 11.6. The molecule has 0 fully saturated rings. The molecule has 0 saturated carbocycles. The van der Waals surface area contributed by atoms with Crippen LogP contribution < -0.4 is 0 Å². The molecule has 4 nitrogen and oxygen atoms in total. The number of rotatable bonds is 7. The molecule has 1 N–H and O–H groups in total. The molecule has 6 aromatic carbocycles. The van der Waals surface area contributed by atoms with Crippen LogP contribution in [0.1, 0.15) is 174 Å². The fourth-order valence-corrected chi connectivity index (χ4v) is 8.06. The van der Waals surface area contributed by atoms with Gasteiger partial charge in [0.1, 0.15) is 11.6 Å². The van der Waals surface area contributed by atoms with Crippen LogP contribution in [0.4, 0.5) is 0 Å². The summed E-state index contributed by atoms with van der Waals surface area (Å²) in [7, 11) is 0. The third kappa shape index (κ3) is 10.8. The largest absolute Gasteiger partial charge is 0.507 e. The van der Waals surface area contributed by atoms with Crippen molar-refractivity contribution in [1.82, 2.24) is 14.5 Å². The number of aromatic nitrogens is 3. The van der Waals surface area contributed by atoms with Crippen molar-refractivity contribution in [2.24, 2.45) is 5.41 Å². The number of benzene rings is 6. The Labute approximate surface area is 465 Å². The average molecular weight is 1120 g/mol. The number of imidazole rings is 1. The normalized spacial score (nSPS) is 19.9. The molecule has 8 aromatic rings. The van der Waals surface area contributed by atoms with E-state index in [1.807, 2.05) is 47.6 Å². The van der Waals surface area contributed by atoms with Crippen LogP contribution in [0.5, 0.6) is 5.75 Å². The van der Waals surface area contributed by atoms with Crippen molar-refractivity contribution in [3.8, 4) is 67.5 Å². The van der Waals surface area contributed by atoms with Crippen LogP contribution in [-0.2, 0) is 49.1 Å². The minimum atomic E-state index is -4.33. The van der Waals surface area contributed by atoms with Gasteiger partial charge in [-0.2, -0.15) is 0 Å². The number of para-hydroxylation sites is 1. The molecule has 0 atom stereocenters. The second-order valence-corrected chi connectivity index (χ2v) is 20.4. The van der Waals surface area contributed by atoms with E-state index in [2.05, 4.69) is 11.1 Å². The van der Waals surface area contributed by atoms with Crippen molar-refractivity contribution in [1.29, 1.82) is 0 Å². The number of fused-ring (bicyclic) bond motifs is 1. The third-order valence-corrected chi connectivity index (χ3v) is 11.6. The molecule has 0 radical (unpaired) electrons. The van der Waals surface area contributed by atoms with Crippen molar-refractivity contribution >= 4 is 11.0 Å². The van der Waals surface area contributed by atoms with Crippen LogP contribution in [0, 0.1) is 18.3 Å². The topological polar surface area (TPSA) is 50.9 Å². The zero-order valence-electron chi connectivity index (χ0n) is 66.9. The smallest absolute Gasteiger partial charge is 0.148 e. The van der Waals surface area contributed by atoms with E-state index in [0.717, 1.165) is 11.8 Å². The summed E-state index contributed by atoms with van der Waals surface area (Å²) in [6.45, 7) is -12.4. The summed E-state index contributed by atoms with van der Waals surface area (Å²) in [6, 6.07) is 24.6. The average Bonchev–Trinajstić information content (AvgIpc) is 0.898. The number of phenols is 1. The van der Waals surface area contributed by atoms with Gasteiger partial charge in [-0.1, -0.05) is 199 Å². The molecule has 0 spiro atoms. The molecule has 0 aliphatic rings. The Morgan fingerprint density at radius 2 is 1.32 bits per heavy atom. The maximum atomic E-state index is 13.2. The van der Waals surface area contributed by atoms with Crippen LogP contribution in [0.25, 0.3) is 72.7 Å². The molecule has 0 bridgehead atoms. The summed E-state index contributed by atoms with van der Waals surface area (Å²) in [6.07, 6.45) is -1.08. The van der Waals surface area contributed by atoms with Crippen molar-refractivity contribution in [3.63, 3.8) is 0 Å². The fraction of sp³-hybridized carbons (Fsp3) is 0.344. The molecular weight excluding hydrogens is 1020 g/mol. The summed E-state index contributed by atoms with van der Waals surface area (Å²) in [5.74, 6) is -2.36. The number of aromatic hydroxyl groups is 1. The first kappa shape index (κ1) is 26.6. The number of hydrogen-bond acceptors (Lipinski definition) is 3. The van der Waals surface area contributed by atoms with Gasteiger partial charge in [0.05, 0.1) is 27.8 Å². The van der Waals surface area contributed by atoms with E-state index < -0.39 is 139 Å². The molecule has 0 aliphatic heterocycles. The molecule has 360 valence electrons. The van der Waals surface area contributed by atoms with Crippen molar-refractivity contribution in [3.05, 3.63) is 167 Å². The van der Waals surface area contributed by atoms with E-state index in [1.54, 1.807) is 87.5 Å². The Morgan fingerprint density at radius 3 is 1.96 bits per heavy atom. The Balaban J connectivity index is 0.0000130. The maximum Gasteiger partial charge on any atom is 0.148 e. The van der Waals surface area contributed by atoms with E-state index in [1.165, 1.54) is 22.8 Å². The Hall–Kier alpha value is -5.57. The van der Waals surface area contributed by atoms with Crippen molar-refractivity contribution < 1.29 is 63.2 Å². The number of pyridine rings is 1. The summed E-state index contributed by atoms with van der Waals surface area (Å²) >= 11 is 0. The van der Waals surface area contributed by atoms with Crippen LogP contribution in [0.15, 0.2) is 127 Å². The van der Waals surface area contributed by atoms with Gasteiger partial charge >= 0.3 is 0 Å². The quantitative estimate of drug-likeness (QED) is 0.162. The number of hydrogen-bond donors (Lipinski definition) is 1. The van der Waals surface area contributed by atoms with Gasteiger partial charge in [0.25, 0.3) is 0 Å². The van der Waals surface area contributed by atoms with Gasteiger partial charge < -0.3 is 5.11 Å². The zero-order valence-corrected chi connectivity index (χ0v) is 42.2. The predicted octanol–water partition coefficient (Wildman–Crippen LogP) is 17.3. The first-order valence-corrected chi connectivity index (χ1v) is 22.1. The summed E-state index contributed by atoms with van der Waals surface area (Å²) in [4.78, 5) is 9.62. The zero-order chi connectivity index (χ0) is 72.1. The van der Waals surface area contributed by atoms with E-state index in [4.69, 9.17) is 36.5 Å². The molecule has 2 aromatic heterocycles. The molecule has 2 heterocycles. The van der Waals surface area contributed by atoms with Gasteiger partial charge in [-0.15, -0.1) is 29.3 Å². The molecule has 0 unspecified atom stereocenters. The minimum Gasteiger partial charge on any atom is -0.507 e. The monoisotopic (exact) mass is 1120 g/mol. The van der Waals surface area contributed by atoms with E-state index in [-0.39, 0.29) is 82.9 Å². The Morgan fingerprint density at radius 1 is 0.638 bits per heavy atom. The summed E-state index contributed by atoms with van der Waals surface area (Å²) in [5, 5.41) is 13.2. The molecule has 69 heavy (non-hydrogen) atoms. The summed E-state index contributed by atoms with van der Waals surface area (Å²) in [5.41, 5.74) is -14.4. The second kappa shape index (κ2) is 18.6. The number of aryl methyl sites for hydroxylation is 1. The van der Waals surface area contributed by atoms with Gasteiger partial charge in [-0.05, 0) is 103 Å². The van der Waals surface area contributed by atoms with Crippen LogP contribution in [0.3, 0.4) is 0 Å². The van der Waals surface area contributed by atoms with Gasteiger partial charge in [0.15, 0.2) is 0 Å². The van der Waals surface area contributed by atoms with Gasteiger partial charge in [0, 0.05) is 75.6 Å². The standard InChI is InChI=1S/C64H72N3O.Pt/c1-40-39-65-54(37-50(40)43-27-25-41(26-28-43)38-60(2,3)4)45-31-44(32-47(33-45)62(8,9)10)49-23-20-24-56-57(49)66-59(52-35-48(63(11,12)13)36-53(58(52)68)64(14,15)16)67(56)55-30-29-46(61(5,6)7)34-51(55)42-21-18-17-19-22-42;/h17-30,32-37,39,68H,38H2,1-16H3;/q-1;/i1D3,11D3,12D3,13D3,14D3,15D3,16D3,27D,28D,35D,37D,38D2;. The Kier molecular flexibility index (Phi) is 7.18.